The number of nitrogens with zero attached hydrogens (tertiary/aromatic N) is 1. The zero-order valence-corrected chi connectivity index (χ0v) is 8.19. The van der Waals surface area contributed by atoms with Crippen molar-refractivity contribution in [2.75, 3.05) is 13.2 Å². The summed E-state index contributed by atoms with van der Waals surface area (Å²) in [6, 6.07) is 3.89. The Kier molecular flexibility index (Phi) is 2.33. The predicted molar refractivity (Wildman–Crippen MR) is 52.2 cm³/mol. The van der Waals surface area contributed by atoms with Gasteiger partial charge in [-0.2, -0.15) is 0 Å². The van der Waals surface area contributed by atoms with E-state index in [2.05, 4.69) is 4.98 Å². The maximum Gasteiger partial charge on any atom is 0.132 e. The lowest BCUT2D eigenvalue weighted by molar-refractivity contribution is -0.112. The highest BCUT2D eigenvalue weighted by Crippen LogP contribution is 2.30. The van der Waals surface area contributed by atoms with Crippen molar-refractivity contribution in [1.29, 1.82) is 0 Å². The summed E-state index contributed by atoms with van der Waals surface area (Å²) in [5, 5.41) is 0. The van der Waals surface area contributed by atoms with Crippen LogP contribution < -0.4 is 0 Å². The van der Waals surface area contributed by atoms with E-state index < -0.39 is 5.41 Å². The van der Waals surface area contributed by atoms with Gasteiger partial charge in [-0.25, -0.2) is 0 Å². The molecule has 0 bridgehead atoms. The van der Waals surface area contributed by atoms with Crippen molar-refractivity contribution in [2.45, 2.75) is 18.8 Å². The smallest absolute Gasteiger partial charge is 0.132 e. The summed E-state index contributed by atoms with van der Waals surface area (Å²) in [6.07, 6.45) is 3.53. The number of carbonyl (C=O) groups excluding carboxylic acids is 1. The fraction of sp³-hybridized carbons (Fsp3) is 0.455. The van der Waals surface area contributed by atoms with Gasteiger partial charge >= 0.3 is 0 Å². The van der Waals surface area contributed by atoms with Crippen LogP contribution in [0.15, 0.2) is 18.3 Å². The molecule has 1 unspecified atom stereocenters. The quantitative estimate of drug-likeness (QED) is 0.660. The van der Waals surface area contributed by atoms with Crippen LogP contribution in [-0.2, 0) is 14.9 Å². The molecule has 0 spiro atoms. The van der Waals surface area contributed by atoms with Crippen molar-refractivity contribution < 1.29 is 9.53 Å². The molecule has 0 radical (unpaired) electrons. The molecule has 1 fully saturated rings. The summed E-state index contributed by atoms with van der Waals surface area (Å²) in [6.45, 7) is 3.08. The molecule has 2 rings (SSSR count). The summed E-state index contributed by atoms with van der Waals surface area (Å²) in [5.41, 5.74) is 1.49. The number of hydrogen-bond acceptors (Lipinski definition) is 3. The van der Waals surface area contributed by atoms with Gasteiger partial charge in [-0.15, -0.1) is 0 Å². The molecule has 3 nitrogen and oxygen atoms in total. The minimum absolute atomic E-state index is 0.444. The molecule has 1 aliphatic heterocycles. The van der Waals surface area contributed by atoms with Gasteiger partial charge in [0, 0.05) is 18.5 Å². The number of aryl methyl sites for hydroxylation is 1. The van der Waals surface area contributed by atoms with Crippen molar-refractivity contribution in [3.05, 3.63) is 29.6 Å². The van der Waals surface area contributed by atoms with Gasteiger partial charge in [0.15, 0.2) is 0 Å². The number of aldehydes is 1. The zero-order valence-electron chi connectivity index (χ0n) is 8.19. The highest BCUT2D eigenvalue weighted by Gasteiger charge is 2.36. The topological polar surface area (TPSA) is 39.2 Å². The average Bonchev–Trinajstić information content (AvgIpc) is 2.68. The van der Waals surface area contributed by atoms with E-state index in [0.717, 1.165) is 24.0 Å². The molecule has 1 atom stereocenters. The van der Waals surface area contributed by atoms with Crippen molar-refractivity contribution in [1.82, 2.24) is 4.98 Å². The fourth-order valence-electron chi connectivity index (χ4n) is 1.73. The normalized spacial score (nSPS) is 26.4. The summed E-state index contributed by atoms with van der Waals surface area (Å²) < 4.78 is 5.28. The van der Waals surface area contributed by atoms with E-state index in [1.807, 2.05) is 19.1 Å². The van der Waals surface area contributed by atoms with Crippen LogP contribution >= 0.6 is 0 Å². The molecule has 1 aromatic rings. The number of pyridine rings is 1. The third-order valence-corrected chi connectivity index (χ3v) is 2.76. The summed E-state index contributed by atoms with van der Waals surface area (Å²) in [5.74, 6) is 0. The number of aromatic nitrogens is 1. The van der Waals surface area contributed by atoms with Crippen molar-refractivity contribution in [2.24, 2.45) is 0 Å². The van der Waals surface area contributed by atoms with E-state index in [9.17, 15) is 4.79 Å². The molecule has 0 saturated carbocycles. The van der Waals surface area contributed by atoms with E-state index in [-0.39, 0.29) is 0 Å². The molecule has 2 heterocycles. The molecule has 0 N–H and O–H groups in total. The van der Waals surface area contributed by atoms with E-state index in [4.69, 9.17) is 4.74 Å². The first-order valence-corrected chi connectivity index (χ1v) is 4.74. The SMILES string of the molecule is Cc1ccc(C2(C=O)CCOC2)cn1. The van der Waals surface area contributed by atoms with Gasteiger partial charge in [-0.05, 0) is 25.0 Å². The Morgan fingerprint density at radius 3 is 2.93 bits per heavy atom. The van der Waals surface area contributed by atoms with Crippen LogP contribution in [0.1, 0.15) is 17.7 Å². The van der Waals surface area contributed by atoms with Crippen LogP contribution in [-0.4, -0.2) is 24.5 Å². The molecule has 0 amide bonds. The average molecular weight is 191 g/mol. The molecule has 1 saturated heterocycles. The molecular formula is C11H13NO2. The molecule has 1 aromatic heterocycles. The van der Waals surface area contributed by atoms with Crippen LogP contribution in [0.4, 0.5) is 0 Å². The van der Waals surface area contributed by atoms with Gasteiger partial charge in [0.2, 0.25) is 0 Å². The number of hydrogen-bond donors (Lipinski definition) is 0. The molecule has 0 aromatic carbocycles. The van der Waals surface area contributed by atoms with Crippen molar-refractivity contribution in [3.8, 4) is 0 Å². The predicted octanol–water partition coefficient (Wildman–Crippen LogP) is 1.25. The minimum Gasteiger partial charge on any atom is -0.380 e. The Morgan fingerprint density at radius 1 is 1.57 bits per heavy atom. The van der Waals surface area contributed by atoms with Gasteiger partial charge in [0.25, 0.3) is 0 Å². The van der Waals surface area contributed by atoms with Gasteiger partial charge in [0.1, 0.15) is 6.29 Å². The van der Waals surface area contributed by atoms with Crippen LogP contribution in [0, 0.1) is 6.92 Å². The molecule has 14 heavy (non-hydrogen) atoms. The highest BCUT2D eigenvalue weighted by molar-refractivity contribution is 5.69. The maximum atomic E-state index is 11.1. The first-order valence-electron chi connectivity index (χ1n) is 4.74. The monoisotopic (exact) mass is 191 g/mol. The van der Waals surface area contributed by atoms with Gasteiger partial charge in [-0.1, -0.05) is 6.07 Å². The Hall–Kier alpha value is -1.22. The maximum absolute atomic E-state index is 11.1. The summed E-state index contributed by atoms with van der Waals surface area (Å²) in [7, 11) is 0. The second-order valence-corrected chi connectivity index (χ2v) is 3.76. The number of rotatable bonds is 2. The lowest BCUT2D eigenvalue weighted by Gasteiger charge is -2.19. The van der Waals surface area contributed by atoms with Crippen LogP contribution in [0.5, 0.6) is 0 Å². The van der Waals surface area contributed by atoms with Crippen molar-refractivity contribution in [3.63, 3.8) is 0 Å². The van der Waals surface area contributed by atoms with Crippen molar-refractivity contribution >= 4 is 6.29 Å². The number of carbonyl (C=O) groups is 1. The Balaban J connectivity index is 2.36. The van der Waals surface area contributed by atoms with E-state index in [1.54, 1.807) is 6.20 Å². The van der Waals surface area contributed by atoms with E-state index in [0.29, 0.717) is 13.2 Å². The fourth-order valence-corrected chi connectivity index (χ4v) is 1.73. The number of ether oxygens (including phenoxy) is 1. The molecule has 1 aliphatic rings. The van der Waals surface area contributed by atoms with Crippen LogP contribution in [0.25, 0.3) is 0 Å². The molecular weight excluding hydrogens is 178 g/mol. The lowest BCUT2D eigenvalue weighted by atomic mass is 9.82. The standard InChI is InChI=1S/C11H13NO2/c1-9-2-3-10(6-12-9)11(7-13)4-5-14-8-11/h2-3,6-7H,4-5,8H2,1H3. The molecule has 74 valence electrons. The van der Waals surface area contributed by atoms with Crippen LogP contribution in [0.3, 0.4) is 0 Å². The highest BCUT2D eigenvalue weighted by atomic mass is 16.5. The largest absolute Gasteiger partial charge is 0.380 e. The third kappa shape index (κ3) is 1.44. The molecule has 0 aliphatic carbocycles. The van der Waals surface area contributed by atoms with Crippen LogP contribution in [0.2, 0.25) is 0 Å². The van der Waals surface area contributed by atoms with Gasteiger partial charge in [-0.3, -0.25) is 4.98 Å². The summed E-state index contributed by atoms with van der Waals surface area (Å²) >= 11 is 0. The third-order valence-electron chi connectivity index (χ3n) is 2.76. The lowest BCUT2D eigenvalue weighted by Crippen LogP contribution is -2.28. The Morgan fingerprint density at radius 2 is 2.43 bits per heavy atom. The second-order valence-electron chi connectivity index (χ2n) is 3.76. The minimum atomic E-state index is -0.444. The van der Waals surface area contributed by atoms with E-state index >= 15 is 0 Å². The first-order chi connectivity index (χ1) is 6.77. The Bertz CT molecular complexity index is 326. The zero-order chi connectivity index (χ0) is 10.0. The van der Waals surface area contributed by atoms with Gasteiger partial charge < -0.3 is 9.53 Å². The van der Waals surface area contributed by atoms with Gasteiger partial charge in [0.05, 0.1) is 12.0 Å². The summed E-state index contributed by atoms with van der Waals surface area (Å²) in [4.78, 5) is 15.3. The second kappa shape index (κ2) is 3.50. The Labute approximate surface area is 83.1 Å². The van der Waals surface area contributed by atoms with E-state index in [1.165, 1.54) is 0 Å². The first kappa shape index (κ1) is 9.34. The molecule has 3 heteroatoms.